The average molecular weight is 714 g/mol. The number of hydrogen-bond donors (Lipinski definition) is 0. The summed E-state index contributed by atoms with van der Waals surface area (Å²) in [7, 11) is 0. The van der Waals surface area contributed by atoms with Crippen LogP contribution in [0.5, 0.6) is 0 Å². The number of nitrogens with zero attached hydrogens (tertiary/aromatic N) is 5. The monoisotopic (exact) mass is 713 g/mol. The molecule has 0 N–H and O–H groups in total. The highest BCUT2D eigenvalue weighted by Crippen LogP contribution is 2.60. The maximum atomic E-state index is 5.06. The highest BCUT2D eigenvalue weighted by atomic mass is 15.3. The standard InChI is InChI=1S/C50H43N5/c1-49(2)37-26-24-30(28-43(37)54-41-22-10-8-16-33(41)35-18-12-20-39(49)45(35)54)47-51-52-48(53(47)32-14-6-5-7-15-32)31-25-27-38-44(29-31)55-42-23-11-9-17-34(42)36-19-13-21-40(46(36)55)50(38,3)4/h5-8,10,12-16,18-22,24-29,34,42H,9,11,17,23H2,1-4H3. The fraction of sp³-hybridized carbons (Fsp3) is 0.240. The summed E-state index contributed by atoms with van der Waals surface area (Å²) in [5.41, 5.74) is 16.5. The first-order chi connectivity index (χ1) is 26.8. The van der Waals surface area contributed by atoms with Gasteiger partial charge in [-0.1, -0.05) is 138 Å². The van der Waals surface area contributed by atoms with E-state index < -0.39 is 0 Å². The second-order valence-corrected chi connectivity index (χ2v) is 17.4. The van der Waals surface area contributed by atoms with Crippen molar-refractivity contribution in [2.75, 3.05) is 4.90 Å². The zero-order valence-corrected chi connectivity index (χ0v) is 31.8. The van der Waals surface area contributed by atoms with Gasteiger partial charge in [-0.3, -0.25) is 4.57 Å². The van der Waals surface area contributed by atoms with E-state index in [2.05, 4.69) is 169 Å². The van der Waals surface area contributed by atoms with Crippen molar-refractivity contribution in [2.24, 2.45) is 0 Å². The van der Waals surface area contributed by atoms with E-state index in [0.29, 0.717) is 12.0 Å². The first-order valence-electron chi connectivity index (χ1n) is 20.1. The Morgan fingerprint density at radius 1 is 0.545 bits per heavy atom. The predicted octanol–water partition coefficient (Wildman–Crippen LogP) is 12.2. The average Bonchev–Trinajstić information content (AvgIpc) is 3.91. The molecular weight excluding hydrogens is 671 g/mol. The Bertz CT molecular complexity index is 2910. The van der Waals surface area contributed by atoms with Gasteiger partial charge in [-0.05, 0) is 71.0 Å². The second-order valence-electron chi connectivity index (χ2n) is 17.4. The van der Waals surface area contributed by atoms with Crippen molar-refractivity contribution in [1.82, 2.24) is 19.3 Å². The van der Waals surface area contributed by atoms with Crippen LogP contribution in [0.25, 0.3) is 56.0 Å². The lowest BCUT2D eigenvalue weighted by Gasteiger charge is -2.43. The first kappa shape index (κ1) is 31.4. The van der Waals surface area contributed by atoms with E-state index in [4.69, 9.17) is 10.2 Å². The molecule has 4 aliphatic rings. The largest absolute Gasteiger partial charge is 0.337 e. The molecule has 3 aliphatic heterocycles. The highest BCUT2D eigenvalue weighted by molar-refractivity contribution is 6.11. The fourth-order valence-corrected chi connectivity index (χ4v) is 11.2. The molecule has 6 aromatic carbocycles. The van der Waals surface area contributed by atoms with Gasteiger partial charge in [0.2, 0.25) is 0 Å². The molecule has 2 unspecified atom stereocenters. The van der Waals surface area contributed by atoms with Crippen LogP contribution in [-0.4, -0.2) is 25.4 Å². The van der Waals surface area contributed by atoms with Gasteiger partial charge in [0.05, 0.1) is 16.7 Å². The van der Waals surface area contributed by atoms with Crippen molar-refractivity contribution in [3.05, 3.63) is 155 Å². The van der Waals surface area contributed by atoms with E-state index in [1.807, 2.05) is 0 Å². The molecule has 55 heavy (non-hydrogen) atoms. The molecule has 0 bridgehead atoms. The number of fused-ring (bicyclic) bond motifs is 10. The Kier molecular flexibility index (Phi) is 6.20. The van der Waals surface area contributed by atoms with Crippen LogP contribution in [0.4, 0.5) is 11.4 Å². The normalized spacial score (nSPS) is 19.6. The minimum absolute atomic E-state index is 0.106. The molecule has 0 amide bonds. The Hall–Kier alpha value is -5.94. The summed E-state index contributed by atoms with van der Waals surface area (Å²) < 4.78 is 4.76. The quantitative estimate of drug-likeness (QED) is 0.183. The van der Waals surface area contributed by atoms with Crippen molar-refractivity contribution < 1.29 is 0 Å². The number of hydrogen-bond acceptors (Lipinski definition) is 3. The van der Waals surface area contributed by atoms with E-state index in [1.54, 1.807) is 5.56 Å². The van der Waals surface area contributed by atoms with Crippen LogP contribution < -0.4 is 4.90 Å². The maximum Gasteiger partial charge on any atom is 0.168 e. The molecule has 1 fully saturated rings. The highest BCUT2D eigenvalue weighted by Gasteiger charge is 2.48. The number of rotatable bonds is 3. The minimum Gasteiger partial charge on any atom is -0.337 e. The van der Waals surface area contributed by atoms with Crippen molar-refractivity contribution in [3.8, 4) is 34.2 Å². The topological polar surface area (TPSA) is 38.9 Å². The maximum absolute atomic E-state index is 5.06. The molecule has 0 radical (unpaired) electrons. The van der Waals surface area contributed by atoms with Crippen molar-refractivity contribution in [2.45, 2.75) is 76.2 Å². The van der Waals surface area contributed by atoms with E-state index in [-0.39, 0.29) is 10.8 Å². The van der Waals surface area contributed by atoms with Gasteiger partial charge >= 0.3 is 0 Å². The fourth-order valence-electron chi connectivity index (χ4n) is 11.2. The van der Waals surface area contributed by atoms with Crippen LogP contribution in [0.2, 0.25) is 0 Å². The molecule has 2 atom stereocenters. The third-order valence-corrected chi connectivity index (χ3v) is 13.8. The Labute approximate surface area is 321 Å². The lowest BCUT2D eigenvalue weighted by atomic mass is 9.73. The van der Waals surface area contributed by atoms with Crippen molar-refractivity contribution >= 4 is 33.2 Å². The smallest absolute Gasteiger partial charge is 0.168 e. The zero-order chi connectivity index (χ0) is 36.8. The van der Waals surface area contributed by atoms with Crippen LogP contribution in [0, 0.1) is 0 Å². The third kappa shape index (κ3) is 4.03. The second kappa shape index (κ2) is 10.8. The molecule has 5 nitrogen and oxygen atoms in total. The SMILES string of the molecule is CC1(C)c2ccc(-c3nnc(-c4ccc5c(c4)-n4c6ccccc6c6cccc(c64)C5(C)C)n3-c3ccccc3)cc2N2c3c(cccc31)C1CCCCC12. The third-order valence-electron chi connectivity index (χ3n) is 13.8. The number of aromatic nitrogens is 4. The number of anilines is 2. The molecular formula is C50H43N5. The van der Waals surface area contributed by atoms with Crippen LogP contribution in [0.3, 0.4) is 0 Å². The van der Waals surface area contributed by atoms with Gasteiger partial charge in [0.25, 0.3) is 0 Å². The summed E-state index contributed by atoms with van der Waals surface area (Å²) in [4.78, 5) is 2.73. The molecule has 1 aliphatic carbocycles. The molecule has 5 heterocycles. The Morgan fingerprint density at radius 2 is 1.18 bits per heavy atom. The molecule has 5 heteroatoms. The summed E-state index contributed by atoms with van der Waals surface area (Å²) in [6.45, 7) is 9.53. The van der Waals surface area contributed by atoms with Crippen LogP contribution >= 0.6 is 0 Å². The molecule has 268 valence electrons. The van der Waals surface area contributed by atoms with Gasteiger partial charge in [0, 0.05) is 61.8 Å². The first-order valence-corrected chi connectivity index (χ1v) is 20.1. The minimum atomic E-state index is -0.168. The molecule has 12 rings (SSSR count). The molecule has 1 saturated carbocycles. The zero-order valence-electron chi connectivity index (χ0n) is 31.8. The molecule has 0 spiro atoms. The van der Waals surface area contributed by atoms with Gasteiger partial charge in [0.15, 0.2) is 11.6 Å². The summed E-state index contributed by atoms with van der Waals surface area (Å²) in [5, 5.41) is 12.7. The summed E-state index contributed by atoms with van der Waals surface area (Å²) in [5.74, 6) is 2.29. The molecule has 0 saturated heterocycles. The Morgan fingerprint density at radius 3 is 1.98 bits per heavy atom. The van der Waals surface area contributed by atoms with Gasteiger partial charge in [-0.25, -0.2) is 0 Å². The van der Waals surface area contributed by atoms with Gasteiger partial charge in [0.1, 0.15) is 0 Å². The van der Waals surface area contributed by atoms with E-state index in [9.17, 15) is 0 Å². The summed E-state index contributed by atoms with van der Waals surface area (Å²) in [6.07, 6.45) is 5.11. The van der Waals surface area contributed by atoms with Crippen molar-refractivity contribution in [3.63, 3.8) is 0 Å². The van der Waals surface area contributed by atoms with Crippen molar-refractivity contribution in [1.29, 1.82) is 0 Å². The number of para-hydroxylation sites is 4. The van der Waals surface area contributed by atoms with E-state index >= 15 is 0 Å². The van der Waals surface area contributed by atoms with Gasteiger partial charge in [-0.2, -0.15) is 0 Å². The summed E-state index contributed by atoms with van der Waals surface area (Å²) in [6, 6.07) is 47.9. The van der Waals surface area contributed by atoms with Crippen LogP contribution in [0.15, 0.2) is 127 Å². The van der Waals surface area contributed by atoms with Gasteiger partial charge < -0.3 is 9.47 Å². The lowest BCUT2D eigenvalue weighted by Crippen LogP contribution is -2.38. The van der Waals surface area contributed by atoms with E-state index in [1.165, 1.54) is 86.8 Å². The van der Waals surface area contributed by atoms with Crippen LogP contribution in [-0.2, 0) is 10.8 Å². The lowest BCUT2D eigenvalue weighted by molar-refractivity contribution is 0.400. The van der Waals surface area contributed by atoms with E-state index in [0.717, 1.165) is 28.5 Å². The van der Waals surface area contributed by atoms with Crippen LogP contribution in [0.1, 0.15) is 87.1 Å². The molecule has 8 aromatic rings. The number of benzene rings is 6. The van der Waals surface area contributed by atoms with Gasteiger partial charge in [-0.15, -0.1) is 10.2 Å². The molecule has 2 aromatic heterocycles. The summed E-state index contributed by atoms with van der Waals surface area (Å²) >= 11 is 0. The predicted molar refractivity (Wildman–Crippen MR) is 224 cm³/mol. The Balaban J connectivity index is 1.06.